The van der Waals surface area contributed by atoms with Crippen molar-refractivity contribution < 1.29 is 27.1 Å². The maximum absolute atomic E-state index is 14.0. The number of fused-ring (bicyclic) bond motifs is 4. The van der Waals surface area contributed by atoms with Crippen LogP contribution in [-0.2, 0) is 6.42 Å². The van der Waals surface area contributed by atoms with Gasteiger partial charge in [0.2, 0.25) is 5.95 Å². The quantitative estimate of drug-likeness (QED) is 0.619. The van der Waals surface area contributed by atoms with Gasteiger partial charge in [-0.15, -0.1) is 13.2 Å². The summed E-state index contributed by atoms with van der Waals surface area (Å²) in [4.78, 5) is 18.1. The van der Waals surface area contributed by atoms with E-state index in [1.54, 1.807) is 11.0 Å². The van der Waals surface area contributed by atoms with Gasteiger partial charge in [-0.3, -0.25) is 0 Å². The molecule has 1 aromatic heterocycles. The third-order valence-corrected chi connectivity index (χ3v) is 4.89. The molecule has 2 bridgehead atoms. The van der Waals surface area contributed by atoms with Gasteiger partial charge < -0.3 is 15.0 Å². The first kappa shape index (κ1) is 17.6. The van der Waals surface area contributed by atoms with E-state index < -0.39 is 24.1 Å². The summed E-state index contributed by atoms with van der Waals surface area (Å²) in [6.07, 6.45) is -1.64. The minimum Gasteiger partial charge on any atom is -0.406 e. The van der Waals surface area contributed by atoms with Gasteiger partial charge in [0.05, 0.1) is 6.04 Å². The van der Waals surface area contributed by atoms with E-state index >= 15 is 0 Å². The summed E-state index contributed by atoms with van der Waals surface area (Å²) in [6, 6.07) is 5.93. The Morgan fingerprint density at radius 3 is 2.85 bits per heavy atom. The molecule has 9 heteroatoms. The molecule has 1 saturated heterocycles. The fourth-order valence-electron chi connectivity index (χ4n) is 3.89. The molecule has 0 spiro atoms. The van der Waals surface area contributed by atoms with E-state index in [1.165, 1.54) is 18.3 Å². The zero-order valence-electron chi connectivity index (χ0n) is 14.0. The molecular formula is C18H15F4N3O2. The van der Waals surface area contributed by atoms with Crippen molar-refractivity contribution in [1.82, 2.24) is 9.88 Å². The number of hydrogen-bond donors (Lipinski definition) is 1. The molecule has 1 N–H and O–H groups in total. The van der Waals surface area contributed by atoms with Crippen LogP contribution in [0.5, 0.6) is 5.75 Å². The first-order valence-electron chi connectivity index (χ1n) is 8.40. The lowest BCUT2D eigenvalue weighted by atomic mass is 9.95. The second-order valence-electron chi connectivity index (χ2n) is 6.53. The summed E-state index contributed by atoms with van der Waals surface area (Å²) in [5.41, 5.74) is 1.46. The Kier molecular flexibility index (Phi) is 4.16. The number of urea groups is 1. The molecule has 1 aromatic carbocycles. The molecule has 2 aliphatic rings. The second kappa shape index (κ2) is 6.40. The maximum atomic E-state index is 14.0. The van der Waals surface area contributed by atoms with Crippen LogP contribution in [-0.4, -0.2) is 28.3 Å². The van der Waals surface area contributed by atoms with Crippen LogP contribution < -0.4 is 10.1 Å². The largest absolute Gasteiger partial charge is 0.573 e. The SMILES string of the molecule is O=C(Nc1cccc(OC(F)(F)F)c1)N1[C@@H]2CC[C@H]1c1ccnc(F)c1C2. The summed E-state index contributed by atoms with van der Waals surface area (Å²) in [7, 11) is 0. The summed E-state index contributed by atoms with van der Waals surface area (Å²) in [6.45, 7) is 0. The van der Waals surface area contributed by atoms with Gasteiger partial charge in [-0.25, -0.2) is 9.78 Å². The van der Waals surface area contributed by atoms with E-state index in [9.17, 15) is 22.4 Å². The first-order chi connectivity index (χ1) is 12.8. The van der Waals surface area contributed by atoms with E-state index in [1.807, 2.05) is 0 Å². The number of anilines is 1. The normalized spacial score (nSPS) is 21.0. The topological polar surface area (TPSA) is 54.5 Å². The van der Waals surface area contributed by atoms with Gasteiger partial charge in [0.15, 0.2) is 0 Å². The number of carbonyl (C=O) groups excluding carboxylic acids is 1. The van der Waals surface area contributed by atoms with Gasteiger partial charge in [0.25, 0.3) is 0 Å². The van der Waals surface area contributed by atoms with E-state index in [0.29, 0.717) is 18.4 Å². The van der Waals surface area contributed by atoms with Gasteiger partial charge >= 0.3 is 12.4 Å². The molecule has 0 unspecified atom stereocenters. The lowest BCUT2D eigenvalue weighted by molar-refractivity contribution is -0.274. The van der Waals surface area contributed by atoms with Crippen LogP contribution in [0.2, 0.25) is 0 Å². The lowest BCUT2D eigenvalue weighted by Gasteiger charge is -2.36. The summed E-state index contributed by atoms with van der Waals surface area (Å²) in [5, 5.41) is 2.61. The van der Waals surface area contributed by atoms with Gasteiger partial charge in [-0.2, -0.15) is 4.39 Å². The molecule has 0 aliphatic carbocycles. The smallest absolute Gasteiger partial charge is 0.406 e. The monoisotopic (exact) mass is 381 g/mol. The van der Waals surface area contributed by atoms with E-state index in [-0.39, 0.29) is 17.8 Å². The molecular weight excluding hydrogens is 366 g/mol. The number of aromatic nitrogens is 1. The number of pyridine rings is 1. The average molecular weight is 381 g/mol. The zero-order chi connectivity index (χ0) is 19.2. The van der Waals surface area contributed by atoms with E-state index in [0.717, 1.165) is 24.1 Å². The van der Waals surface area contributed by atoms with Crippen LogP contribution >= 0.6 is 0 Å². The summed E-state index contributed by atoms with van der Waals surface area (Å²) in [5.74, 6) is -0.929. The van der Waals surface area contributed by atoms with E-state index in [4.69, 9.17) is 0 Å². The standard InChI is InChI=1S/C18H15F4N3O2/c19-16-14-9-11-4-5-15(13(14)6-7-23-16)25(11)17(26)24-10-2-1-3-12(8-10)27-18(20,21)22/h1-3,6-8,11,15H,4-5,9H2,(H,24,26)/t11-,15+/m1/s1. The summed E-state index contributed by atoms with van der Waals surface area (Å²) < 4.78 is 54.9. The number of rotatable bonds is 2. The van der Waals surface area contributed by atoms with Crippen LogP contribution in [0.3, 0.4) is 0 Å². The van der Waals surface area contributed by atoms with Crippen LogP contribution in [0.4, 0.5) is 28.0 Å². The van der Waals surface area contributed by atoms with Gasteiger partial charge in [0.1, 0.15) is 5.75 Å². The third kappa shape index (κ3) is 3.41. The molecule has 1 fully saturated rings. The average Bonchev–Trinajstić information content (AvgIpc) is 2.90. The molecule has 142 valence electrons. The molecule has 0 saturated carbocycles. The van der Waals surface area contributed by atoms with Crippen molar-refractivity contribution in [2.24, 2.45) is 0 Å². The van der Waals surface area contributed by atoms with Gasteiger partial charge in [-0.05, 0) is 43.0 Å². The zero-order valence-corrected chi connectivity index (χ0v) is 14.0. The van der Waals surface area contributed by atoms with Gasteiger partial charge in [-0.1, -0.05) is 6.07 Å². The number of nitrogens with zero attached hydrogens (tertiary/aromatic N) is 2. The van der Waals surface area contributed by atoms with Crippen molar-refractivity contribution >= 4 is 11.7 Å². The fourth-order valence-corrected chi connectivity index (χ4v) is 3.89. The molecule has 2 aromatic rings. The number of nitrogens with one attached hydrogen (secondary N) is 1. The Hall–Kier alpha value is -2.84. The Balaban J connectivity index is 1.54. The van der Waals surface area contributed by atoms with Crippen molar-refractivity contribution in [2.45, 2.75) is 37.7 Å². The maximum Gasteiger partial charge on any atom is 0.573 e. The Morgan fingerprint density at radius 2 is 2.07 bits per heavy atom. The van der Waals surface area contributed by atoms with Crippen LogP contribution in [0.1, 0.15) is 30.0 Å². The van der Waals surface area contributed by atoms with Crippen LogP contribution in [0, 0.1) is 5.95 Å². The van der Waals surface area contributed by atoms with Crippen molar-refractivity contribution in [3.63, 3.8) is 0 Å². The number of amides is 2. The highest BCUT2D eigenvalue weighted by atomic mass is 19.4. The number of ether oxygens (including phenoxy) is 1. The highest BCUT2D eigenvalue weighted by Gasteiger charge is 2.43. The summed E-state index contributed by atoms with van der Waals surface area (Å²) >= 11 is 0. The fraction of sp³-hybridized carbons (Fsp3) is 0.333. The lowest BCUT2D eigenvalue weighted by Crippen LogP contribution is -2.44. The predicted molar refractivity (Wildman–Crippen MR) is 87.6 cm³/mol. The highest BCUT2D eigenvalue weighted by molar-refractivity contribution is 5.90. The first-order valence-corrected chi connectivity index (χ1v) is 8.40. The third-order valence-electron chi connectivity index (χ3n) is 4.89. The van der Waals surface area contributed by atoms with Crippen LogP contribution in [0.15, 0.2) is 36.5 Å². The number of halogens is 4. The van der Waals surface area contributed by atoms with Crippen LogP contribution in [0.25, 0.3) is 0 Å². The molecule has 5 nitrogen and oxygen atoms in total. The van der Waals surface area contributed by atoms with Gasteiger partial charge in [0, 0.05) is 29.6 Å². The van der Waals surface area contributed by atoms with Crippen molar-refractivity contribution in [1.29, 1.82) is 0 Å². The molecule has 4 rings (SSSR count). The molecule has 2 amide bonds. The molecule has 2 atom stereocenters. The predicted octanol–water partition coefficient (Wildman–Crippen LogP) is 4.41. The number of carbonyl (C=O) groups is 1. The Bertz CT molecular complexity index is 887. The molecule has 0 radical (unpaired) electrons. The second-order valence-corrected chi connectivity index (χ2v) is 6.53. The van der Waals surface area contributed by atoms with Crippen molar-refractivity contribution in [2.75, 3.05) is 5.32 Å². The van der Waals surface area contributed by atoms with Crippen molar-refractivity contribution in [3.8, 4) is 5.75 Å². The number of alkyl halides is 3. The minimum atomic E-state index is -4.81. The van der Waals surface area contributed by atoms with E-state index in [2.05, 4.69) is 15.0 Å². The number of benzene rings is 1. The van der Waals surface area contributed by atoms with Crippen molar-refractivity contribution in [3.05, 3.63) is 53.6 Å². The molecule has 27 heavy (non-hydrogen) atoms. The highest BCUT2D eigenvalue weighted by Crippen LogP contribution is 2.44. The Morgan fingerprint density at radius 1 is 1.26 bits per heavy atom. The molecule has 3 heterocycles. The Labute approximate surface area is 151 Å². The number of hydrogen-bond acceptors (Lipinski definition) is 3. The minimum absolute atomic E-state index is 0.171. The molecule has 2 aliphatic heterocycles.